The highest BCUT2D eigenvalue weighted by Gasteiger charge is 2.20. The lowest BCUT2D eigenvalue weighted by Gasteiger charge is -2.15. The maximum atomic E-state index is 12.3. The number of ether oxygens (including phenoxy) is 2. The van der Waals surface area contributed by atoms with Gasteiger partial charge in [0.05, 0.1) is 6.61 Å². The highest BCUT2D eigenvalue weighted by molar-refractivity contribution is 6.30. The Bertz CT molecular complexity index is 457. The highest BCUT2D eigenvalue weighted by atomic mass is 35.5. The number of rotatable bonds is 7. The number of likely N-dealkylation sites (N-methyl/N-ethyl adjacent to an activating group) is 1. The summed E-state index contributed by atoms with van der Waals surface area (Å²) < 4.78 is 34.1. The largest absolute Gasteiger partial charge is 0.490 e. The molecule has 0 aliphatic heterocycles. The summed E-state index contributed by atoms with van der Waals surface area (Å²) in [4.78, 5) is 11.6. The highest BCUT2D eigenvalue weighted by Crippen LogP contribution is 2.33. The number of nitrogens with one attached hydrogen (secondary N) is 1. The lowest BCUT2D eigenvalue weighted by molar-refractivity contribution is -0.120. The van der Waals surface area contributed by atoms with Crippen LogP contribution in [0.3, 0.4) is 0 Å². The van der Waals surface area contributed by atoms with Crippen LogP contribution in [-0.2, 0) is 4.79 Å². The molecule has 0 saturated carbocycles. The van der Waals surface area contributed by atoms with Crippen LogP contribution in [0.1, 0.15) is 24.8 Å². The summed E-state index contributed by atoms with van der Waals surface area (Å²) in [6.07, 6.45) is 0. The van der Waals surface area contributed by atoms with Gasteiger partial charge in [-0.3, -0.25) is 4.79 Å². The molecule has 1 aromatic carbocycles. The van der Waals surface area contributed by atoms with Crippen LogP contribution in [0, 0.1) is 0 Å². The van der Waals surface area contributed by atoms with Crippen molar-refractivity contribution in [3.8, 4) is 11.5 Å². The van der Waals surface area contributed by atoms with Gasteiger partial charge in [-0.05, 0) is 31.5 Å². The number of halogens is 3. The molecule has 0 saturated heterocycles. The number of benzene rings is 1. The average Bonchev–Trinajstić information content (AvgIpc) is 2.40. The fourth-order valence-corrected chi connectivity index (χ4v) is 1.77. The molecule has 0 aliphatic rings. The Morgan fingerprint density at radius 3 is 2.60 bits per heavy atom. The zero-order valence-electron chi connectivity index (χ0n) is 11.2. The molecule has 0 spiro atoms. The van der Waals surface area contributed by atoms with Gasteiger partial charge in [0, 0.05) is 6.54 Å². The second-order valence-corrected chi connectivity index (χ2v) is 4.21. The van der Waals surface area contributed by atoms with Gasteiger partial charge < -0.3 is 14.8 Å². The summed E-state index contributed by atoms with van der Waals surface area (Å²) in [6.45, 7) is 1.26. The average molecular weight is 308 g/mol. The monoisotopic (exact) mass is 307 g/mol. The first-order valence-corrected chi connectivity index (χ1v) is 6.56. The standard InChI is InChI=1S/C13H16ClF2NO3/c1-3-17-12(18)11(14)8-5-6-9(20-13(15)16)10(7-8)19-4-2/h5-7,11,13H,3-4H2,1-2H3,(H,17,18). The summed E-state index contributed by atoms with van der Waals surface area (Å²) >= 11 is 6.01. The van der Waals surface area contributed by atoms with Crippen LogP contribution in [0.15, 0.2) is 18.2 Å². The summed E-state index contributed by atoms with van der Waals surface area (Å²) in [5, 5.41) is 1.66. The van der Waals surface area contributed by atoms with E-state index in [0.717, 1.165) is 0 Å². The van der Waals surface area contributed by atoms with E-state index >= 15 is 0 Å². The maximum absolute atomic E-state index is 12.3. The molecular formula is C13H16ClF2NO3. The van der Waals surface area contributed by atoms with E-state index in [1.807, 2.05) is 0 Å². The molecule has 0 radical (unpaired) electrons. The Morgan fingerprint density at radius 1 is 1.35 bits per heavy atom. The third-order valence-electron chi connectivity index (χ3n) is 2.36. The van der Waals surface area contributed by atoms with E-state index in [9.17, 15) is 13.6 Å². The molecule has 0 heterocycles. The Balaban J connectivity index is 2.99. The normalized spacial score (nSPS) is 12.1. The molecule has 1 N–H and O–H groups in total. The second kappa shape index (κ2) is 7.89. The molecule has 1 amide bonds. The van der Waals surface area contributed by atoms with Gasteiger partial charge in [0.25, 0.3) is 0 Å². The first-order valence-electron chi connectivity index (χ1n) is 6.12. The lowest BCUT2D eigenvalue weighted by atomic mass is 10.1. The molecule has 0 fully saturated rings. The predicted molar refractivity (Wildman–Crippen MR) is 71.5 cm³/mol. The zero-order chi connectivity index (χ0) is 15.1. The van der Waals surface area contributed by atoms with Crippen molar-refractivity contribution in [1.29, 1.82) is 0 Å². The topological polar surface area (TPSA) is 47.6 Å². The van der Waals surface area contributed by atoms with E-state index in [4.69, 9.17) is 16.3 Å². The van der Waals surface area contributed by atoms with Gasteiger partial charge in [0.1, 0.15) is 5.38 Å². The van der Waals surface area contributed by atoms with E-state index < -0.39 is 12.0 Å². The summed E-state index contributed by atoms with van der Waals surface area (Å²) in [7, 11) is 0. The van der Waals surface area contributed by atoms with Crippen LogP contribution >= 0.6 is 11.6 Å². The van der Waals surface area contributed by atoms with Crippen molar-refractivity contribution in [2.45, 2.75) is 25.8 Å². The Kier molecular flexibility index (Phi) is 6.51. The lowest BCUT2D eigenvalue weighted by Crippen LogP contribution is -2.26. The van der Waals surface area contributed by atoms with Crippen molar-refractivity contribution in [2.24, 2.45) is 0 Å². The van der Waals surface area contributed by atoms with Gasteiger partial charge in [-0.2, -0.15) is 8.78 Å². The van der Waals surface area contributed by atoms with E-state index in [2.05, 4.69) is 10.1 Å². The Morgan fingerprint density at radius 2 is 2.05 bits per heavy atom. The van der Waals surface area contributed by atoms with Gasteiger partial charge in [0.2, 0.25) is 5.91 Å². The number of carbonyl (C=O) groups is 1. The zero-order valence-corrected chi connectivity index (χ0v) is 11.9. The van der Waals surface area contributed by atoms with Gasteiger partial charge in [0.15, 0.2) is 11.5 Å². The summed E-state index contributed by atoms with van der Waals surface area (Å²) in [5.74, 6) is -0.329. The number of alkyl halides is 3. The molecule has 1 unspecified atom stereocenters. The fourth-order valence-electron chi connectivity index (χ4n) is 1.56. The second-order valence-electron chi connectivity index (χ2n) is 3.77. The first-order chi connectivity index (χ1) is 9.49. The van der Waals surface area contributed by atoms with E-state index in [0.29, 0.717) is 12.1 Å². The SMILES string of the molecule is CCNC(=O)C(Cl)c1ccc(OC(F)F)c(OCC)c1. The Hall–Kier alpha value is -1.56. The van der Waals surface area contributed by atoms with Crippen LogP contribution in [0.4, 0.5) is 8.78 Å². The van der Waals surface area contributed by atoms with Crippen LogP contribution in [0.5, 0.6) is 11.5 Å². The molecule has 4 nitrogen and oxygen atoms in total. The van der Waals surface area contributed by atoms with Crippen molar-refractivity contribution in [3.05, 3.63) is 23.8 Å². The molecule has 20 heavy (non-hydrogen) atoms. The van der Waals surface area contributed by atoms with Crippen molar-refractivity contribution in [3.63, 3.8) is 0 Å². The van der Waals surface area contributed by atoms with Crippen LogP contribution in [0.2, 0.25) is 0 Å². The van der Waals surface area contributed by atoms with Crippen LogP contribution in [0.25, 0.3) is 0 Å². The van der Waals surface area contributed by atoms with Gasteiger partial charge in [-0.1, -0.05) is 6.07 Å². The van der Waals surface area contributed by atoms with Gasteiger partial charge in [-0.15, -0.1) is 11.6 Å². The Labute approximate surface area is 121 Å². The minimum atomic E-state index is -2.95. The quantitative estimate of drug-likeness (QED) is 0.787. The minimum absolute atomic E-state index is 0.0923. The number of carbonyl (C=O) groups excluding carboxylic acids is 1. The van der Waals surface area contributed by atoms with Crippen molar-refractivity contribution < 1.29 is 23.0 Å². The third kappa shape index (κ3) is 4.52. The van der Waals surface area contributed by atoms with Crippen molar-refractivity contribution >= 4 is 17.5 Å². The first kappa shape index (κ1) is 16.5. The summed E-state index contributed by atoms with van der Waals surface area (Å²) in [5.41, 5.74) is 0.447. The van der Waals surface area contributed by atoms with Crippen LogP contribution in [-0.4, -0.2) is 25.7 Å². The molecule has 1 atom stereocenters. The van der Waals surface area contributed by atoms with Crippen molar-refractivity contribution in [2.75, 3.05) is 13.2 Å². The fraction of sp³-hybridized carbons (Fsp3) is 0.462. The predicted octanol–water partition coefficient (Wildman–Crippen LogP) is 3.10. The summed E-state index contributed by atoms with van der Waals surface area (Å²) in [6, 6.07) is 4.18. The molecule has 0 aromatic heterocycles. The van der Waals surface area contributed by atoms with E-state index in [1.165, 1.54) is 18.2 Å². The van der Waals surface area contributed by atoms with Crippen molar-refractivity contribution in [1.82, 2.24) is 5.32 Å². The molecule has 0 bridgehead atoms. The molecular weight excluding hydrogens is 292 g/mol. The van der Waals surface area contributed by atoms with Crippen LogP contribution < -0.4 is 14.8 Å². The maximum Gasteiger partial charge on any atom is 0.387 e. The third-order valence-corrected chi connectivity index (χ3v) is 2.81. The van der Waals surface area contributed by atoms with Gasteiger partial charge in [-0.25, -0.2) is 0 Å². The van der Waals surface area contributed by atoms with Gasteiger partial charge >= 0.3 is 6.61 Å². The molecule has 1 aromatic rings. The number of hydrogen-bond acceptors (Lipinski definition) is 3. The molecule has 112 valence electrons. The number of amides is 1. The smallest absolute Gasteiger partial charge is 0.387 e. The van der Waals surface area contributed by atoms with E-state index in [1.54, 1.807) is 13.8 Å². The molecule has 0 aliphatic carbocycles. The minimum Gasteiger partial charge on any atom is -0.490 e. The molecule has 1 rings (SSSR count). The number of hydrogen-bond donors (Lipinski definition) is 1. The van der Waals surface area contributed by atoms with E-state index in [-0.39, 0.29) is 24.0 Å². The molecule has 7 heteroatoms.